The van der Waals surface area contributed by atoms with Crippen molar-refractivity contribution < 1.29 is 17.6 Å². The van der Waals surface area contributed by atoms with Gasteiger partial charge in [-0.25, -0.2) is 17.1 Å². The third-order valence-electron chi connectivity index (χ3n) is 4.66. The summed E-state index contributed by atoms with van der Waals surface area (Å²) in [6.07, 6.45) is 3.01. The summed E-state index contributed by atoms with van der Waals surface area (Å²) in [6.45, 7) is 5.36. The lowest BCUT2D eigenvalue weighted by Gasteiger charge is -2.15. The molecule has 0 spiro atoms. The maximum absolute atomic E-state index is 15.1. The lowest BCUT2D eigenvalue weighted by Crippen LogP contribution is -2.13. The van der Waals surface area contributed by atoms with Gasteiger partial charge in [-0.3, -0.25) is 4.79 Å². The van der Waals surface area contributed by atoms with E-state index in [0.29, 0.717) is 22.2 Å². The molecule has 1 heterocycles. The van der Waals surface area contributed by atoms with E-state index >= 15 is 4.39 Å². The van der Waals surface area contributed by atoms with E-state index in [0.717, 1.165) is 21.6 Å². The first-order valence-corrected chi connectivity index (χ1v) is 9.67. The second kappa shape index (κ2) is 7.47. The van der Waals surface area contributed by atoms with Crippen LogP contribution in [0.4, 0.5) is 10.1 Å². The zero-order valence-corrected chi connectivity index (χ0v) is 16.5. The van der Waals surface area contributed by atoms with Gasteiger partial charge in [0.15, 0.2) is 0 Å². The number of carbonyl (C=O) groups is 1. The molecule has 3 rings (SSSR count). The molecule has 8 heteroatoms. The molecule has 146 valence electrons. The molecule has 3 aromatic rings. The monoisotopic (exact) mass is 401 g/mol. The number of H-pyrrole nitrogens is 1. The molecule has 0 radical (unpaired) electrons. The highest BCUT2D eigenvalue weighted by molar-refractivity contribution is 7.74. The summed E-state index contributed by atoms with van der Waals surface area (Å²) < 4.78 is 39.3. The largest absolute Gasteiger partial charge is 0.366 e. The second-order valence-electron chi connectivity index (χ2n) is 6.39. The van der Waals surface area contributed by atoms with Crippen LogP contribution in [0.2, 0.25) is 0 Å². The minimum Gasteiger partial charge on any atom is -0.366 e. The van der Waals surface area contributed by atoms with E-state index in [1.807, 2.05) is 13.8 Å². The van der Waals surface area contributed by atoms with Gasteiger partial charge in [0.1, 0.15) is 5.82 Å². The Labute approximate surface area is 163 Å². The number of rotatable bonds is 5. The molecular weight excluding hydrogens is 381 g/mol. The van der Waals surface area contributed by atoms with Gasteiger partial charge in [0.05, 0.1) is 16.8 Å². The van der Waals surface area contributed by atoms with Gasteiger partial charge in [-0.05, 0) is 50.1 Å². The summed E-state index contributed by atoms with van der Waals surface area (Å²) >= 11 is 0. The maximum atomic E-state index is 15.1. The zero-order valence-electron chi connectivity index (χ0n) is 15.6. The number of benzene rings is 2. The molecule has 0 saturated carbocycles. The lowest BCUT2D eigenvalue weighted by atomic mass is 9.95. The van der Waals surface area contributed by atoms with Gasteiger partial charge in [-0.15, -0.1) is 0 Å². The predicted molar refractivity (Wildman–Crippen MR) is 109 cm³/mol. The third-order valence-corrected chi connectivity index (χ3v) is 5.38. The number of nitrogens with two attached hydrogens (primary N) is 1. The van der Waals surface area contributed by atoms with Crippen molar-refractivity contribution in [2.24, 2.45) is 5.73 Å². The van der Waals surface area contributed by atoms with Gasteiger partial charge in [-0.1, -0.05) is 18.2 Å². The summed E-state index contributed by atoms with van der Waals surface area (Å²) in [5, 5.41) is 0.549. The van der Waals surface area contributed by atoms with Crippen LogP contribution in [-0.2, 0) is 10.9 Å². The number of nitrogens with zero attached hydrogens (tertiary/aromatic N) is 1. The molecule has 0 aliphatic rings. The highest BCUT2D eigenvalue weighted by Gasteiger charge is 2.21. The Morgan fingerprint density at radius 2 is 1.96 bits per heavy atom. The number of nitrogens with one attached hydrogen (secondary N) is 1. The maximum Gasteiger partial charge on any atom is 0.250 e. The van der Waals surface area contributed by atoms with E-state index in [9.17, 15) is 13.2 Å². The number of aryl methyl sites for hydroxylation is 2. The number of aromatic amines is 1. The summed E-state index contributed by atoms with van der Waals surface area (Å²) in [4.78, 5) is 14.9. The van der Waals surface area contributed by atoms with Crippen molar-refractivity contribution in [2.75, 3.05) is 4.31 Å². The van der Waals surface area contributed by atoms with Gasteiger partial charge in [0.25, 0.3) is 5.91 Å². The summed E-state index contributed by atoms with van der Waals surface area (Å²) in [5.74, 6) is -1.34. The standard InChI is InChI=1S/C20H20FN3O3S/c1-4-8-24(28(26)27)14-7-5-6-13(9-14)18-16(21)10-15(20(22)25)19-17(18)11(2)12(3)23-19/h4-10,23,28H,1-3H3,(H2,22,25). The van der Waals surface area contributed by atoms with Gasteiger partial charge < -0.3 is 10.7 Å². The van der Waals surface area contributed by atoms with E-state index in [4.69, 9.17) is 5.73 Å². The average molecular weight is 401 g/mol. The number of halogens is 1. The molecule has 0 fully saturated rings. The molecule has 1 aromatic heterocycles. The Bertz CT molecular complexity index is 1190. The van der Waals surface area contributed by atoms with Crippen LogP contribution < -0.4 is 10.0 Å². The van der Waals surface area contributed by atoms with E-state index in [2.05, 4.69) is 4.98 Å². The van der Waals surface area contributed by atoms with E-state index in [1.165, 1.54) is 6.20 Å². The van der Waals surface area contributed by atoms with Crippen molar-refractivity contribution in [3.63, 3.8) is 0 Å². The highest BCUT2D eigenvalue weighted by Crippen LogP contribution is 2.38. The first-order valence-electron chi connectivity index (χ1n) is 8.54. The Morgan fingerprint density at radius 3 is 2.57 bits per heavy atom. The molecule has 3 N–H and O–H groups in total. The van der Waals surface area contributed by atoms with Crippen LogP contribution in [0.1, 0.15) is 28.5 Å². The number of anilines is 1. The number of primary amides is 1. The Hall–Kier alpha value is -3.13. The lowest BCUT2D eigenvalue weighted by molar-refractivity contribution is 0.100. The molecular formula is C20H20FN3O3S. The minimum atomic E-state index is -2.90. The minimum absolute atomic E-state index is 0.0711. The van der Waals surface area contributed by atoms with Gasteiger partial charge in [0, 0.05) is 22.8 Å². The molecule has 0 aliphatic heterocycles. The highest BCUT2D eigenvalue weighted by atomic mass is 32.2. The van der Waals surface area contributed by atoms with Crippen molar-refractivity contribution >= 4 is 33.4 Å². The Kier molecular flexibility index (Phi) is 5.24. The molecule has 6 nitrogen and oxygen atoms in total. The van der Waals surface area contributed by atoms with Crippen molar-refractivity contribution in [1.29, 1.82) is 0 Å². The first-order chi connectivity index (χ1) is 13.3. The van der Waals surface area contributed by atoms with Crippen LogP contribution in [0.25, 0.3) is 22.0 Å². The molecule has 2 aromatic carbocycles. The smallest absolute Gasteiger partial charge is 0.250 e. The number of hydrogen-bond donors (Lipinski definition) is 3. The third kappa shape index (κ3) is 3.27. The first kappa shape index (κ1) is 19.6. The number of thiol groups is 1. The quantitative estimate of drug-likeness (QED) is 0.571. The Balaban J connectivity index is 2.34. The van der Waals surface area contributed by atoms with E-state index in [-0.39, 0.29) is 11.1 Å². The molecule has 0 aliphatic carbocycles. The molecule has 0 unspecified atom stereocenters. The van der Waals surface area contributed by atoms with Crippen molar-refractivity contribution in [3.05, 3.63) is 65.2 Å². The van der Waals surface area contributed by atoms with Crippen molar-refractivity contribution in [2.45, 2.75) is 20.8 Å². The molecule has 0 bridgehead atoms. The number of fused-ring (bicyclic) bond motifs is 1. The molecule has 1 amide bonds. The van der Waals surface area contributed by atoms with Crippen LogP contribution in [0.3, 0.4) is 0 Å². The number of allylic oxidation sites excluding steroid dienone is 1. The van der Waals surface area contributed by atoms with Gasteiger partial charge in [0.2, 0.25) is 10.9 Å². The Morgan fingerprint density at radius 1 is 1.25 bits per heavy atom. The summed E-state index contributed by atoms with van der Waals surface area (Å²) in [5.41, 5.74) is 8.68. The molecule has 0 atom stereocenters. The fourth-order valence-electron chi connectivity index (χ4n) is 3.28. The van der Waals surface area contributed by atoms with Crippen LogP contribution >= 0.6 is 0 Å². The van der Waals surface area contributed by atoms with Crippen molar-refractivity contribution in [1.82, 2.24) is 4.98 Å². The zero-order chi connectivity index (χ0) is 20.6. The normalized spacial score (nSPS) is 11.6. The average Bonchev–Trinajstić information content (AvgIpc) is 2.93. The summed E-state index contributed by atoms with van der Waals surface area (Å²) in [6, 6.07) is 7.67. The summed E-state index contributed by atoms with van der Waals surface area (Å²) in [7, 11) is -2.90. The predicted octanol–water partition coefficient (Wildman–Crippen LogP) is 3.56. The topological polar surface area (TPSA) is 96.3 Å². The SMILES string of the molecule is CC=CN(c1cccc(-c2c(F)cc(C(N)=O)c3[nH]c(C)c(C)c23)c1)[SH](=O)=O. The fourth-order valence-corrected chi connectivity index (χ4v) is 3.84. The van der Waals surface area contributed by atoms with E-state index < -0.39 is 22.6 Å². The van der Waals surface area contributed by atoms with Crippen LogP contribution in [0.5, 0.6) is 0 Å². The van der Waals surface area contributed by atoms with Gasteiger partial charge in [-0.2, -0.15) is 0 Å². The van der Waals surface area contributed by atoms with Gasteiger partial charge >= 0.3 is 0 Å². The number of carbonyl (C=O) groups excluding carboxylic acids is 1. The fraction of sp³-hybridized carbons (Fsp3) is 0.150. The number of aromatic nitrogens is 1. The second-order valence-corrected chi connectivity index (χ2v) is 7.29. The van der Waals surface area contributed by atoms with Crippen LogP contribution in [0, 0.1) is 19.7 Å². The van der Waals surface area contributed by atoms with Crippen LogP contribution in [0.15, 0.2) is 42.6 Å². The van der Waals surface area contributed by atoms with Crippen molar-refractivity contribution in [3.8, 4) is 11.1 Å². The molecule has 28 heavy (non-hydrogen) atoms. The number of hydrogen-bond acceptors (Lipinski definition) is 3. The number of amides is 1. The van der Waals surface area contributed by atoms with Crippen LogP contribution in [-0.4, -0.2) is 19.3 Å². The van der Waals surface area contributed by atoms with E-state index in [1.54, 1.807) is 37.3 Å². The molecule has 0 saturated heterocycles.